The molecule has 0 spiro atoms. The van der Waals surface area contributed by atoms with Crippen LogP contribution in [0.4, 0.5) is 5.69 Å². The van der Waals surface area contributed by atoms with Gasteiger partial charge >= 0.3 is 0 Å². The summed E-state index contributed by atoms with van der Waals surface area (Å²) < 4.78 is 25.4. The quantitative estimate of drug-likeness (QED) is 0.521. The molecule has 160 valence electrons. The van der Waals surface area contributed by atoms with Crippen LogP contribution in [0.1, 0.15) is 5.56 Å². The fraction of sp³-hybridized carbons (Fsp3) is 0.292. The molecule has 5 rings (SSSR count). The van der Waals surface area contributed by atoms with Crippen molar-refractivity contribution in [2.24, 2.45) is 0 Å². The summed E-state index contributed by atoms with van der Waals surface area (Å²) >= 11 is 0. The van der Waals surface area contributed by atoms with E-state index in [2.05, 4.69) is 38.9 Å². The lowest BCUT2D eigenvalue weighted by atomic mass is 10.1. The molecule has 3 heterocycles. The van der Waals surface area contributed by atoms with Crippen molar-refractivity contribution >= 4 is 37.5 Å². The normalized spacial score (nSPS) is 15.7. The van der Waals surface area contributed by atoms with Gasteiger partial charge in [0.15, 0.2) is 9.84 Å². The molecular formula is C24H26N4O2S. The molecule has 7 heteroatoms. The van der Waals surface area contributed by atoms with Gasteiger partial charge in [0.05, 0.1) is 16.3 Å². The molecule has 1 fully saturated rings. The number of benzene rings is 2. The molecule has 0 radical (unpaired) electrons. The highest BCUT2D eigenvalue weighted by molar-refractivity contribution is 7.91. The van der Waals surface area contributed by atoms with Gasteiger partial charge in [0.2, 0.25) is 0 Å². The van der Waals surface area contributed by atoms with E-state index in [0.717, 1.165) is 53.7 Å². The van der Waals surface area contributed by atoms with Gasteiger partial charge in [0.25, 0.3) is 0 Å². The number of sulfone groups is 1. The molecule has 0 atom stereocenters. The number of hydrogen-bond acceptors (Lipinski definition) is 5. The van der Waals surface area contributed by atoms with E-state index in [0.29, 0.717) is 11.3 Å². The Morgan fingerprint density at radius 2 is 1.77 bits per heavy atom. The van der Waals surface area contributed by atoms with Crippen molar-refractivity contribution in [2.45, 2.75) is 11.3 Å². The molecule has 31 heavy (non-hydrogen) atoms. The van der Waals surface area contributed by atoms with E-state index >= 15 is 0 Å². The Kier molecular flexibility index (Phi) is 5.16. The maximum Gasteiger partial charge on any atom is 0.178 e. The number of rotatable bonds is 5. The third-order valence-corrected chi connectivity index (χ3v) is 7.87. The van der Waals surface area contributed by atoms with Crippen molar-refractivity contribution in [3.63, 3.8) is 0 Å². The first-order valence-electron chi connectivity index (χ1n) is 10.6. The summed E-state index contributed by atoms with van der Waals surface area (Å²) in [6.07, 6.45) is 2.34. The monoisotopic (exact) mass is 434 g/mol. The summed E-state index contributed by atoms with van der Waals surface area (Å²) in [7, 11) is -1.15. The lowest BCUT2D eigenvalue weighted by Crippen LogP contribution is -2.44. The number of pyridine rings is 1. The fourth-order valence-corrected chi connectivity index (χ4v) is 5.62. The first-order chi connectivity index (χ1) is 15.0. The van der Waals surface area contributed by atoms with Gasteiger partial charge in [0, 0.05) is 48.7 Å². The lowest BCUT2D eigenvalue weighted by Gasteiger charge is -2.34. The molecule has 0 saturated carbocycles. The van der Waals surface area contributed by atoms with E-state index in [1.807, 2.05) is 24.4 Å². The summed E-state index contributed by atoms with van der Waals surface area (Å²) in [5.41, 5.74) is 4.11. The van der Waals surface area contributed by atoms with Gasteiger partial charge in [-0.3, -0.25) is 0 Å². The summed E-state index contributed by atoms with van der Waals surface area (Å²) in [6, 6.07) is 16.9. The van der Waals surface area contributed by atoms with Gasteiger partial charge < -0.3 is 14.8 Å². The number of anilines is 1. The number of nitrogens with one attached hydrogen (secondary N) is 1. The second-order valence-corrected chi connectivity index (χ2v) is 10.3. The van der Waals surface area contributed by atoms with Crippen molar-refractivity contribution in [3.05, 3.63) is 66.4 Å². The number of aromatic amines is 1. The number of fused-ring (bicyclic) bond motifs is 3. The van der Waals surface area contributed by atoms with E-state index in [1.165, 1.54) is 5.69 Å². The zero-order valence-electron chi connectivity index (χ0n) is 17.6. The van der Waals surface area contributed by atoms with Gasteiger partial charge in [-0.15, -0.1) is 0 Å². The number of likely N-dealkylation sites (N-methyl/N-ethyl adjacent to an activating group) is 1. The average molecular weight is 435 g/mol. The van der Waals surface area contributed by atoms with Crippen LogP contribution in [-0.2, 0) is 16.3 Å². The third-order valence-electron chi connectivity index (χ3n) is 6.14. The van der Waals surface area contributed by atoms with Crippen LogP contribution in [0.3, 0.4) is 0 Å². The Morgan fingerprint density at radius 1 is 1.00 bits per heavy atom. The second-order valence-electron chi connectivity index (χ2n) is 8.23. The SMILES string of the molecule is CN1CCN(c2ccnc3[nH]c4ccc(CCS(=O)(=O)c5ccccc5)cc4c23)CC1. The summed E-state index contributed by atoms with van der Waals surface area (Å²) in [4.78, 5) is 13.1. The molecule has 0 unspecified atom stereocenters. The van der Waals surface area contributed by atoms with E-state index in [4.69, 9.17) is 0 Å². The van der Waals surface area contributed by atoms with E-state index in [9.17, 15) is 8.42 Å². The minimum Gasteiger partial charge on any atom is -0.368 e. The number of H-pyrrole nitrogens is 1. The smallest absolute Gasteiger partial charge is 0.178 e. The molecule has 0 amide bonds. The highest BCUT2D eigenvalue weighted by Crippen LogP contribution is 2.33. The standard InChI is InChI=1S/C24H26N4O2S/c1-27-12-14-28(15-13-27)22-9-11-25-24-23(22)20-17-18(7-8-21(20)26-24)10-16-31(29,30)19-5-3-2-4-6-19/h2-9,11,17H,10,12-16H2,1H3,(H,25,26). The van der Waals surface area contributed by atoms with Gasteiger partial charge in [-0.05, 0) is 49.4 Å². The Morgan fingerprint density at radius 3 is 2.55 bits per heavy atom. The second kappa shape index (κ2) is 7.98. The van der Waals surface area contributed by atoms with Crippen LogP contribution in [0, 0.1) is 0 Å². The van der Waals surface area contributed by atoms with Crippen LogP contribution in [0.5, 0.6) is 0 Å². The number of piperazine rings is 1. The molecule has 1 saturated heterocycles. The third kappa shape index (κ3) is 3.91. The van der Waals surface area contributed by atoms with Crippen LogP contribution in [0.2, 0.25) is 0 Å². The molecule has 6 nitrogen and oxygen atoms in total. The highest BCUT2D eigenvalue weighted by atomic mass is 32.2. The van der Waals surface area contributed by atoms with Crippen LogP contribution in [-0.4, -0.2) is 62.3 Å². The van der Waals surface area contributed by atoms with Gasteiger partial charge in [-0.25, -0.2) is 13.4 Å². The Bertz CT molecular complexity index is 1320. The van der Waals surface area contributed by atoms with Crippen molar-refractivity contribution in [2.75, 3.05) is 43.9 Å². The predicted molar refractivity (Wildman–Crippen MR) is 126 cm³/mol. The molecular weight excluding hydrogens is 408 g/mol. The molecule has 1 N–H and O–H groups in total. The van der Waals surface area contributed by atoms with Crippen LogP contribution in [0.25, 0.3) is 21.9 Å². The number of nitrogens with zero attached hydrogens (tertiary/aromatic N) is 3. The topological polar surface area (TPSA) is 69.3 Å². The Balaban J connectivity index is 1.48. The maximum absolute atomic E-state index is 12.7. The molecule has 1 aliphatic rings. The van der Waals surface area contributed by atoms with Crippen molar-refractivity contribution < 1.29 is 8.42 Å². The first kappa shape index (κ1) is 20.0. The Labute approximate surface area is 182 Å². The number of aromatic nitrogens is 2. The largest absolute Gasteiger partial charge is 0.368 e. The maximum atomic E-state index is 12.7. The van der Waals surface area contributed by atoms with Crippen molar-refractivity contribution in [3.8, 4) is 0 Å². The summed E-state index contributed by atoms with van der Waals surface area (Å²) in [5, 5.41) is 2.22. The number of hydrogen-bond donors (Lipinski definition) is 1. The number of aryl methyl sites for hydroxylation is 1. The lowest BCUT2D eigenvalue weighted by molar-refractivity contribution is 0.313. The highest BCUT2D eigenvalue weighted by Gasteiger charge is 2.19. The fourth-order valence-electron chi connectivity index (χ4n) is 4.31. The Hall–Kier alpha value is -2.90. The average Bonchev–Trinajstić information content (AvgIpc) is 3.17. The molecule has 2 aromatic carbocycles. The molecule has 0 bridgehead atoms. The minimum atomic E-state index is -3.30. The molecule has 4 aromatic rings. The summed E-state index contributed by atoms with van der Waals surface area (Å²) in [5.74, 6) is 0.0917. The van der Waals surface area contributed by atoms with E-state index in [-0.39, 0.29) is 5.75 Å². The first-order valence-corrected chi connectivity index (χ1v) is 12.3. The van der Waals surface area contributed by atoms with E-state index < -0.39 is 9.84 Å². The van der Waals surface area contributed by atoms with Crippen LogP contribution >= 0.6 is 0 Å². The van der Waals surface area contributed by atoms with Crippen LogP contribution in [0.15, 0.2) is 65.7 Å². The summed E-state index contributed by atoms with van der Waals surface area (Å²) in [6.45, 7) is 4.04. The van der Waals surface area contributed by atoms with Crippen LogP contribution < -0.4 is 4.90 Å². The van der Waals surface area contributed by atoms with Gasteiger partial charge in [-0.2, -0.15) is 0 Å². The molecule has 1 aliphatic heterocycles. The van der Waals surface area contributed by atoms with Crippen molar-refractivity contribution in [1.82, 2.24) is 14.9 Å². The molecule has 0 aliphatic carbocycles. The van der Waals surface area contributed by atoms with Gasteiger partial charge in [0.1, 0.15) is 5.65 Å². The minimum absolute atomic E-state index is 0.0917. The van der Waals surface area contributed by atoms with E-state index in [1.54, 1.807) is 24.3 Å². The zero-order chi connectivity index (χ0) is 21.4. The zero-order valence-corrected chi connectivity index (χ0v) is 18.4. The van der Waals surface area contributed by atoms with Crippen molar-refractivity contribution in [1.29, 1.82) is 0 Å². The predicted octanol–water partition coefficient (Wildman–Crippen LogP) is 3.48. The molecule has 2 aromatic heterocycles. The van der Waals surface area contributed by atoms with Gasteiger partial charge in [-0.1, -0.05) is 24.3 Å².